The average molecular weight is 859 g/mol. The molecule has 3 N–H and O–H groups in total. The summed E-state index contributed by atoms with van der Waals surface area (Å²) in [7, 11) is 3.22. The van der Waals surface area contributed by atoms with Gasteiger partial charge in [0.1, 0.15) is 42.0 Å². The normalized spacial score (nSPS) is 49.3. The Morgan fingerprint density at radius 1 is 0.852 bits per heavy atom. The summed E-state index contributed by atoms with van der Waals surface area (Å²) in [5.74, 6) is -2.62. The monoisotopic (exact) mass is 858 g/mol. The molecule has 0 aromatic rings. The molecule has 7 aliphatic rings. The Hall–Kier alpha value is -2.31. The SMILES string of the molecule is CO[C@H]1C[C@H](OC2/C(C)=C/C[C@@H]3C[C@@H](C[C@]4(C=C[C@H](C)[C@@H](C(C)C)O4)O3)OC(=O)C3C=C(C)[C@@H](O)[C@H]4OC/C(=C\C=C\[C@@H]2C)[C@@]34O)O[C@@H](C)C1O[C@H]1C[C@H](OC)[C@@H](O)[C@H](C)O1. The number of aliphatic hydroxyl groups excluding tert-OH is 2. The van der Waals surface area contributed by atoms with Crippen LogP contribution in [-0.2, 0) is 52.2 Å². The largest absolute Gasteiger partial charge is 0.462 e. The second-order valence-corrected chi connectivity index (χ2v) is 18.8. The summed E-state index contributed by atoms with van der Waals surface area (Å²) in [6.45, 7) is 16.0. The molecule has 14 heteroatoms. The van der Waals surface area contributed by atoms with Crippen molar-refractivity contribution in [3.63, 3.8) is 0 Å². The van der Waals surface area contributed by atoms with Crippen LogP contribution in [-0.4, -0.2) is 139 Å². The number of hydrogen-bond donors (Lipinski definition) is 3. The van der Waals surface area contributed by atoms with Crippen LogP contribution in [0.25, 0.3) is 0 Å². The van der Waals surface area contributed by atoms with E-state index in [-0.39, 0.29) is 42.7 Å². The molecule has 0 amide bonds. The lowest BCUT2D eigenvalue weighted by atomic mass is 9.71. The smallest absolute Gasteiger partial charge is 0.316 e. The van der Waals surface area contributed by atoms with E-state index in [0.717, 1.165) is 5.57 Å². The highest BCUT2D eigenvalue weighted by atomic mass is 16.7. The Labute approximate surface area is 361 Å². The van der Waals surface area contributed by atoms with Gasteiger partial charge >= 0.3 is 5.97 Å². The number of methoxy groups -OCH3 is 2. The van der Waals surface area contributed by atoms with Crippen LogP contribution in [0.15, 0.2) is 59.3 Å². The number of ether oxygens (including phenoxy) is 10. The summed E-state index contributed by atoms with van der Waals surface area (Å²) < 4.78 is 63.5. The van der Waals surface area contributed by atoms with Gasteiger partial charge in [-0.3, -0.25) is 4.79 Å². The number of fused-ring (bicyclic) bond motifs is 2. The van der Waals surface area contributed by atoms with Gasteiger partial charge in [-0.25, -0.2) is 0 Å². The molecule has 4 saturated heterocycles. The summed E-state index contributed by atoms with van der Waals surface area (Å²) in [5.41, 5.74) is 0.129. The van der Waals surface area contributed by atoms with Crippen LogP contribution in [0.1, 0.15) is 87.5 Å². The van der Waals surface area contributed by atoms with Crippen LogP contribution in [0.3, 0.4) is 0 Å². The van der Waals surface area contributed by atoms with Crippen LogP contribution in [0, 0.1) is 23.7 Å². The number of aliphatic hydroxyl groups is 3. The van der Waals surface area contributed by atoms with Crippen LogP contribution < -0.4 is 0 Å². The number of carbonyl (C=O) groups is 1. The predicted octanol–water partition coefficient (Wildman–Crippen LogP) is 4.99. The molecule has 0 aromatic heterocycles. The van der Waals surface area contributed by atoms with Crippen molar-refractivity contribution >= 4 is 5.97 Å². The third-order valence-electron chi connectivity index (χ3n) is 14.0. The van der Waals surface area contributed by atoms with Gasteiger partial charge in [-0.15, -0.1) is 0 Å². The molecule has 3 unspecified atom stereocenters. The van der Waals surface area contributed by atoms with Gasteiger partial charge in [-0.05, 0) is 62.8 Å². The highest BCUT2D eigenvalue weighted by Crippen LogP contribution is 2.47. The van der Waals surface area contributed by atoms with Crippen molar-refractivity contribution in [1.29, 1.82) is 0 Å². The van der Waals surface area contributed by atoms with Crippen LogP contribution in [0.4, 0.5) is 0 Å². The van der Waals surface area contributed by atoms with E-state index < -0.39 is 90.8 Å². The Morgan fingerprint density at radius 3 is 2.28 bits per heavy atom. The first-order valence-corrected chi connectivity index (χ1v) is 22.3. The van der Waals surface area contributed by atoms with Gasteiger partial charge in [0.15, 0.2) is 18.4 Å². The van der Waals surface area contributed by atoms with E-state index in [1.807, 2.05) is 32.1 Å². The molecule has 7 rings (SSSR count). The summed E-state index contributed by atoms with van der Waals surface area (Å²) in [5, 5.41) is 34.2. The lowest BCUT2D eigenvalue weighted by Gasteiger charge is -2.48. The first-order chi connectivity index (χ1) is 29.0. The van der Waals surface area contributed by atoms with Gasteiger partial charge in [-0.1, -0.05) is 64.2 Å². The molecule has 342 valence electrons. The van der Waals surface area contributed by atoms with Crippen molar-refractivity contribution in [2.75, 3.05) is 20.8 Å². The number of allylic oxidation sites excluding steroid dienone is 2. The number of carbonyl (C=O) groups excluding carboxylic acids is 1. The highest BCUT2D eigenvalue weighted by Gasteiger charge is 2.60. The van der Waals surface area contributed by atoms with Gasteiger partial charge in [-0.2, -0.15) is 0 Å². The van der Waals surface area contributed by atoms with E-state index in [1.54, 1.807) is 40.2 Å². The van der Waals surface area contributed by atoms with Gasteiger partial charge in [0, 0.05) is 51.7 Å². The minimum atomic E-state index is -1.83. The highest BCUT2D eigenvalue weighted by molar-refractivity contribution is 5.78. The quantitative estimate of drug-likeness (QED) is 0.231. The number of rotatable bonds is 7. The van der Waals surface area contributed by atoms with Crippen molar-refractivity contribution in [2.45, 2.75) is 185 Å². The molecular formula is C47H70O14. The Kier molecular flexibility index (Phi) is 14.6. The molecule has 2 bridgehead atoms. The maximum absolute atomic E-state index is 14.3. The zero-order valence-electron chi connectivity index (χ0n) is 37.5. The molecule has 1 spiro atoms. The van der Waals surface area contributed by atoms with Crippen molar-refractivity contribution < 1.29 is 67.5 Å². The van der Waals surface area contributed by atoms with Crippen molar-refractivity contribution in [3.8, 4) is 0 Å². The second-order valence-electron chi connectivity index (χ2n) is 18.8. The molecule has 14 nitrogen and oxygen atoms in total. The zero-order valence-corrected chi connectivity index (χ0v) is 37.5. The van der Waals surface area contributed by atoms with E-state index in [1.165, 1.54) is 0 Å². The molecule has 0 saturated carbocycles. The topological polar surface area (TPSA) is 170 Å². The lowest BCUT2D eigenvalue weighted by Crippen LogP contribution is -2.58. The van der Waals surface area contributed by atoms with Gasteiger partial charge < -0.3 is 62.7 Å². The third kappa shape index (κ3) is 9.58. The summed E-state index contributed by atoms with van der Waals surface area (Å²) >= 11 is 0. The first-order valence-electron chi connectivity index (χ1n) is 22.3. The van der Waals surface area contributed by atoms with Crippen molar-refractivity contribution in [1.82, 2.24) is 0 Å². The average Bonchev–Trinajstić information content (AvgIpc) is 3.56. The summed E-state index contributed by atoms with van der Waals surface area (Å²) in [4.78, 5) is 14.3. The number of hydrogen-bond acceptors (Lipinski definition) is 14. The molecule has 19 atom stereocenters. The molecule has 61 heavy (non-hydrogen) atoms. The Morgan fingerprint density at radius 2 is 1.56 bits per heavy atom. The van der Waals surface area contributed by atoms with Crippen molar-refractivity contribution in [2.24, 2.45) is 23.7 Å². The van der Waals surface area contributed by atoms with E-state index in [0.29, 0.717) is 43.3 Å². The second kappa shape index (κ2) is 19.0. The van der Waals surface area contributed by atoms with Gasteiger partial charge in [0.05, 0.1) is 49.3 Å². The van der Waals surface area contributed by atoms with Crippen molar-refractivity contribution in [3.05, 3.63) is 59.3 Å². The molecule has 1 aliphatic carbocycles. The van der Waals surface area contributed by atoms with Crippen LogP contribution >= 0.6 is 0 Å². The van der Waals surface area contributed by atoms with Crippen LogP contribution in [0.2, 0.25) is 0 Å². The molecule has 6 heterocycles. The molecule has 0 aromatic carbocycles. The minimum absolute atomic E-state index is 0.0313. The standard InChI is InChI=1S/C47H70O14/c1-24(2)41-27(5)16-17-46(61-41)22-33-19-32(60-46)15-14-26(4)42(25(3)12-11-13-31-23-54-44-39(48)28(6)18-34(45(50)57-33)47(31,44)51)58-38-21-36(53-10)43(30(8)56-38)59-37-20-35(52-9)40(49)29(7)55-37/h11-14,16-18,24-25,27,29-30,32-44,48-49,51H,15,19-23H2,1-10H3/b12-11+,26-14+,31-13+/t25-,27-,29-,30-,32+,33-,34?,35-,36-,37-,38-,39+,40-,41+,42?,43?,44+,46+,47+/m0/s1. The van der Waals surface area contributed by atoms with Gasteiger partial charge in [0.25, 0.3) is 0 Å². The van der Waals surface area contributed by atoms with E-state index in [9.17, 15) is 20.1 Å². The fourth-order valence-corrected chi connectivity index (χ4v) is 10.4. The first kappa shape index (κ1) is 46.7. The molecule has 4 fully saturated rings. The fourth-order valence-electron chi connectivity index (χ4n) is 10.4. The predicted molar refractivity (Wildman–Crippen MR) is 223 cm³/mol. The molecule has 6 aliphatic heterocycles. The zero-order chi connectivity index (χ0) is 44.0. The Balaban J connectivity index is 1.18. The van der Waals surface area contributed by atoms with E-state index >= 15 is 0 Å². The summed E-state index contributed by atoms with van der Waals surface area (Å²) in [6.07, 6.45) is 7.54. The summed E-state index contributed by atoms with van der Waals surface area (Å²) in [6, 6.07) is 0. The van der Waals surface area contributed by atoms with Gasteiger partial charge in [0.2, 0.25) is 0 Å². The third-order valence-corrected chi connectivity index (χ3v) is 14.0. The van der Waals surface area contributed by atoms with Crippen LogP contribution in [0.5, 0.6) is 0 Å². The molecule has 0 radical (unpaired) electrons. The van der Waals surface area contributed by atoms with E-state index in [4.69, 9.17) is 47.4 Å². The minimum Gasteiger partial charge on any atom is -0.462 e. The lowest BCUT2D eigenvalue weighted by molar-refractivity contribution is -0.318. The van der Waals surface area contributed by atoms with E-state index in [2.05, 4.69) is 39.8 Å². The maximum Gasteiger partial charge on any atom is 0.316 e. The molecular weight excluding hydrogens is 789 g/mol. The Bertz CT molecular complexity index is 1710. The maximum atomic E-state index is 14.3. The fraction of sp³-hybridized carbons (Fsp3) is 0.766. The number of esters is 1.